The van der Waals surface area contributed by atoms with Gasteiger partial charge in [0, 0.05) is 13.1 Å². The molecule has 3 heteroatoms. The van der Waals surface area contributed by atoms with Gasteiger partial charge in [0.2, 0.25) is 0 Å². The fraction of sp³-hybridized carbons (Fsp3) is 0.476. The second-order valence-corrected chi connectivity index (χ2v) is 5.74. The number of hydrogen-bond acceptors (Lipinski definition) is 2. The van der Waals surface area contributed by atoms with Crippen molar-refractivity contribution in [2.45, 2.75) is 39.8 Å². The van der Waals surface area contributed by atoms with Crippen LogP contribution in [0, 0.1) is 6.92 Å². The number of allylic oxidation sites excluding steroid dienone is 1. The quantitative estimate of drug-likeness (QED) is 0.347. The van der Waals surface area contributed by atoms with E-state index in [2.05, 4.69) is 86.1 Å². The van der Waals surface area contributed by atoms with Crippen molar-refractivity contribution < 1.29 is 18.9 Å². The number of likely N-dealkylation sites (N-methyl/N-ethyl adjacent to an activating group) is 2. The van der Waals surface area contributed by atoms with Gasteiger partial charge in [-0.1, -0.05) is 63.3 Å². The van der Waals surface area contributed by atoms with E-state index >= 15 is 0 Å². The monoisotopic (exact) mass is 320 g/mol. The van der Waals surface area contributed by atoms with Crippen LogP contribution in [0.25, 0.3) is 0 Å². The van der Waals surface area contributed by atoms with Gasteiger partial charge < -0.3 is 9.80 Å². The van der Waals surface area contributed by atoms with Crippen molar-refractivity contribution in [3.63, 3.8) is 0 Å². The molecule has 0 radical (unpaired) electrons. The summed E-state index contributed by atoms with van der Waals surface area (Å²) in [6, 6.07) is 11.1. The predicted molar refractivity (Wildman–Crippen MR) is 102 cm³/mol. The van der Waals surface area contributed by atoms with Gasteiger partial charge in [0.25, 0.3) is 0 Å². The molecule has 0 aliphatic rings. The van der Waals surface area contributed by atoms with Crippen LogP contribution in [0.2, 0.25) is 0 Å². The minimum Gasteiger partial charge on any atom is -0.309 e. The summed E-state index contributed by atoms with van der Waals surface area (Å²) in [6.45, 7) is 15.8. The Hall–Kier alpha value is -0.913. The first-order chi connectivity index (χ1) is 11.2. The third-order valence-electron chi connectivity index (χ3n) is 4.26. The molecule has 0 saturated heterocycles. The van der Waals surface area contributed by atoms with Gasteiger partial charge in [0.05, 0.1) is 0 Å². The van der Waals surface area contributed by atoms with Crippen LogP contribution in [0.3, 0.4) is 0 Å². The van der Waals surface area contributed by atoms with Crippen molar-refractivity contribution >= 4 is 0 Å². The van der Waals surface area contributed by atoms with Crippen LogP contribution >= 0.6 is 0 Å². The van der Waals surface area contributed by atoms with Gasteiger partial charge in [0.15, 0.2) is 0 Å². The topological polar surface area (TPSA) is 6.48 Å². The normalized spacial score (nSPS) is 13.0. The van der Waals surface area contributed by atoms with Crippen LogP contribution in [-0.2, 0) is 6.54 Å². The summed E-state index contributed by atoms with van der Waals surface area (Å²) < 4.78 is 0. The standard InChI is InChI=1S/C21H33N2.Li/c1-5-14-21(17-12-13-18-22(6-2)7-3)23(8-4)19-20-15-10-9-11-16-20;/h5,9-16,21H,1,6-8,17-19H2,2-4H3;/q-1;+1. The molecule has 0 bridgehead atoms. The third kappa shape index (κ3) is 8.80. The molecule has 0 aromatic heterocycles. The fourth-order valence-corrected chi connectivity index (χ4v) is 2.73. The van der Waals surface area contributed by atoms with Crippen molar-refractivity contribution in [2.75, 3.05) is 26.2 Å². The fourth-order valence-electron chi connectivity index (χ4n) is 2.73. The van der Waals surface area contributed by atoms with E-state index in [1.54, 1.807) is 0 Å². The Labute approximate surface area is 161 Å². The summed E-state index contributed by atoms with van der Waals surface area (Å²) in [5, 5.41) is 0. The first-order valence-electron chi connectivity index (χ1n) is 8.86. The zero-order valence-corrected chi connectivity index (χ0v) is 16.1. The van der Waals surface area contributed by atoms with Crippen LogP contribution in [0.15, 0.2) is 54.6 Å². The Morgan fingerprint density at radius 3 is 2.21 bits per heavy atom. The molecular weight excluding hydrogens is 287 g/mol. The molecule has 1 aromatic rings. The van der Waals surface area contributed by atoms with E-state index in [4.69, 9.17) is 0 Å². The summed E-state index contributed by atoms with van der Waals surface area (Å²) in [6.07, 6.45) is 9.79. The number of hydrogen-bond donors (Lipinski definition) is 0. The number of nitrogens with zero attached hydrogens (tertiary/aromatic N) is 2. The third-order valence-corrected chi connectivity index (χ3v) is 4.26. The van der Waals surface area contributed by atoms with Crippen molar-refractivity contribution in [1.29, 1.82) is 0 Å². The molecule has 2 nitrogen and oxygen atoms in total. The molecule has 0 aliphatic carbocycles. The Morgan fingerprint density at radius 1 is 1.00 bits per heavy atom. The summed E-state index contributed by atoms with van der Waals surface area (Å²) in [7, 11) is 0. The summed E-state index contributed by atoms with van der Waals surface area (Å²) >= 11 is 0. The van der Waals surface area contributed by atoms with Gasteiger partial charge >= 0.3 is 18.9 Å². The molecule has 1 rings (SSSR count). The number of rotatable bonds is 11. The van der Waals surface area contributed by atoms with E-state index < -0.39 is 0 Å². The molecule has 0 heterocycles. The molecule has 0 spiro atoms. The average molecular weight is 320 g/mol. The summed E-state index contributed by atoms with van der Waals surface area (Å²) in [4.78, 5) is 4.92. The molecule has 0 amide bonds. The van der Waals surface area contributed by atoms with Gasteiger partial charge in [-0.05, 0) is 37.7 Å². The smallest absolute Gasteiger partial charge is 0.309 e. The second-order valence-electron chi connectivity index (χ2n) is 5.74. The van der Waals surface area contributed by atoms with Gasteiger partial charge in [-0.2, -0.15) is 0 Å². The minimum atomic E-state index is 0. The van der Waals surface area contributed by atoms with Gasteiger partial charge in [0.1, 0.15) is 0 Å². The van der Waals surface area contributed by atoms with E-state index in [-0.39, 0.29) is 18.9 Å². The number of benzene rings is 1. The van der Waals surface area contributed by atoms with Crippen molar-refractivity contribution in [3.8, 4) is 0 Å². The summed E-state index contributed by atoms with van der Waals surface area (Å²) in [5.41, 5.74) is 1.36. The van der Waals surface area contributed by atoms with Crippen LogP contribution < -0.4 is 18.9 Å². The maximum Gasteiger partial charge on any atom is 1.00 e. The first kappa shape index (κ1) is 23.1. The van der Waals surface area contributed by atoms with E-state index in [0.29, 0.717) is 6.04 Å². The molecule has 128 valence electrons. The Bertz CT molecular complexity index is 452. The predicted octanol–water partition coefficient (Wildman–Crippen LogP) is 1.56. The van der Waals surface area contributed by atoms with Crippen LogP contribution in [-0.4, -0.2) is 42.0 Å². The minimum absolute atomic E-state index is 0. The van der Waals surface area contributed by atoms with Crippen molar-refractivity contribution in [1.82, 2.24) is 9.80 Å². The molecule has 0 N–H and O–H groups in total. The largest absolute Gasteiger partial charge is 1.00 e. The Kier molecular flexibility index (Phi) is 13.9. The summed E-state index contributed by atoms with van der Waals surface area (Å²) in [5.74, 6) is 0. The molecule has 1 aromatic carbocycles. The first-order valence-corrected chi connectivity index (χ1v) is 8.86. The van der Waals surface area contributed by atoms with Gasteiger partial charge in [-0.15, -0.1) is 0 Å². The van der Waals surface area contributed by atoms with E-state index in [9.17, 15) is 0 Å². The molecule has 0 saturated carbocycles. The molecular formula is C21H33LiN2. The maximum atomic E-state index is 3.89. The van der Waals surface area contributed by atoms with Crippen LogP contribution in [0.4, 0.5) is 0 Å². The second kappa shape index (κ2) is 14.4. The van der Waals surface area contributed by atoms with E-state index in [1.807, 2.05) is 6.08 Å². The van der Waals surface area contributed by atoms with Gasteiger partial charge in [-0.25, -0.2) is 19.1 Å². The Balaban J connectivity index is 0.00000529. The molecule has 0 fully saturated rings. The maximum absolute atomic E-state index is 3.89. The van der Waals surface area contributed by atoms with E-state index in [1.165, 1.54) is 5.56 Å². The molecule has 24 heavy (non-hydrogen) atoms. The SMILES string of the molecule is [CH2-]C=CC(CC=CCN(CC)CC)N(CC)Cc1ccccc1.[Li+]. The zero-order chi connectivity index (χ0) is 16.9. The van der Waals surface area contributed by atoms with Crippen molar-refractivity contribution in [3.05, 3.63) is 67.1 Å². The molecule has 0 aliphatic heterocycles. The van der Waals surface area contributed by atoms with E-state index in [0.717, 1.165) is 39.1 Å². The molecule has 1 unspecified atom stereocenters. The zero-order valence-electron chi connectivity index (χ0n) is 16.1. The average Bonchev–Trinajstić information content (AvgIpc) is 2.60. The van der Waals surface area contributed by atoms with Crippen LogP contribution in [0.5, 0.6) is 0 Å². The Morgan fingerprint density at radius 2 is 1.67 bits per heavy atom. The molecule has 1 atom stereocenters. The van der Waals surface area contributed by atoms with Crippen LogP contribution in [0.1, 0.15) is 32.8 Å². The van der Waals surface area contributed by atoms with Crippen molar-refractivity contribution in [2.24, 2.45) is 0 Å². The van der Waals surface area contributed by atoms with Gasteiger partial charge in [-0.3, -0.25) is 0 Å².